The molecule has 42 heavy (non-hydrogen) atoms. The summed E-state index contributed by atoms with van der Waals surface area (Å²) in [5, 5.41) is 10.2. The average Bonchev–Trinajstić information content (AvgIpc) is 3.31. The van der Waals surface area contributed by atoms with Gasteiger partial charge in [-0.2, -0.15) is 0 Å². The van der Waals surface area contributed by atoms with Crippen molar-refractivity contribution < 1.29 is 19.4 Å². The van der Waals surface area contributed by atoms with Gasteiger partial charge in [0.2, 0.25) is 0 Å². The number of unbranched alkanes of at least 4 members (excludes halogenated alkanes) is 14. The van der Waals surface area contributed by atoms with Gasteiger partial charge in [-0.25, -0.2) is 0 Å². The van der Waals surface area contributed by atoms with E-state index in [4.69, 9.17) is 9.47 Å². The van der Waals surface area contributed by atoms with Crippen LogP contribution in [-0.2, 0) is 14.3 Å². The first-order valence-electron chi connectivity index (χ1n) is 18.0. The maximum atomic E-state index is 12.9. The topological polar surface area (TPSA) is 55.8 Å². The molecule has 0 radical (unpaired) electrons. The molecule has 3 aliphatic rings. The molecule has 3 aliphatic carbocycles. The Labute approximate surface area is 257 Å². The summed E-state index contributed by atoms with van der Waals surface area (Å²) >= 11 is 0. The number of phenolic OH excluding ortho intramolecular Hbond substituents is 1. The van der Waals surface area contributed by atoms with Gasteiger partial charge < -0.3 is 14.6 Å². The Morgan fingerprint density at radius 1 is 0.857 bits per heavy atom. The highest BCUT2D eigenvalue weighted by atomic mass is 16.5. The molecule has 6 atom stereocenters. The number of methoxy groups -OCH3 is 1. The van der Waals surface area contributed by atoms with Gasteiger partial charge in [-0.05, 0) is 79.5 Å². The maximum Gasteiger partial charge on any atom is 0.306 e. The molecule has 238 valence electrons. The average molecular weight is 583 g/mol. The summed E-state index contributed by atoms with van der Waals surface area (Å²) in [5.74, 6) is 2.44. The third kappa shape index (κ3) is 8.76. The van der Waals surface area contributed by atoms with Crippen LogP contribution in [0.1, 0.15) is 172 Å². The van der Waals surface area contributed by atoms with Crippen molar-refractivity contribution in [2.75, 3.05) is 13.7 Å². The zero-order valence-electron chi connectivity index (χ0n) is 27.3. The van der Waals surface area contributed by atoms with Crippen LogP contribution in [0.2, 0.25) is 0 Å². The number of phenols is 1. The fourth-order valence-electron chi connectivity index (χ4n) is 9.07. The predicted molar refractivity (Wildman–Crippen MR) is 173 cm³/mol. The van der Waals surface area contributed by atoms with Crippen LogP contribution in [0.5, 0.6) is 5.75 Å². The number of carbonyl (C=O) groups is 1. The maximum absolute atomic E-state index is 12.9. The van der Waals surface area contributed by atoms with Gasteiger partial charge in [-0.15, -0.1) is 0 Å². The second-order valence-corrected chi connectivity index (χ2v) is 14.4. The van der Waals surface area contributed by atoms with Crippen molar-refractivity contribution in [1.82, 2.24) is 0 Å². The molecule has 0 spiro atoms. The van der Waals surface area contributed by atoms with Crippen LogP contribution < -0.4 is 0 Å². The lowest BCUT2D eigenvalue weighted by molar-refractivity contribution is -0.157. The Hall–Kier alpha value is -1.55. The molecule has 0 bridgehead atoms. The molecule has 0 heterocycles. The molecule has 4 nitrogen and oxygen atoms in total. The van der Waals surface area contributed by atoms with Crippen molar-refractivity contribution in [3.05, 3.63) is 29.3 Å². The van der Waals surface area contributed by atoms with Crippen molar-refractivity contribution in [3.63, 3.8) is 0 Å². The number of fused-ring (bicyclic) bond motifs is 5. The van der Waals surface area contributed by atoms with Crippen molar-refractivity contribution >= 4 is 5.97 Å². The molecule has 4 heteroatoms. The molecule has 2 fully saturated rings. The third-order valence-corrected chi connectivity index (χ3v) is 11.4. The van der Waals surface area contributed by atoms with E-state index in [1.807, 2.05) is 12.1 Å². The van der Waals surface area contributed by atoms with E-state index in [0.717, 1.165) is 44.9 Å². The van der Waals surface area contributed by atoms with E-state index in [9.17, 15) is 9.90 Å². The highest BCUT2D eigenvalue weighted by molar-refractivity contribution is 5.69. The van der Waals surface area contributed by atoms with Gasteiger partial charge in [0.25, 0.3) is 0 Å². The SMILES string of the molecule is CCCCCCCCCCCCCCCCCC(=O)O[C@H]1CC[C@H]2[C@@H]3C[C@@H](COC)c4cc(O)ccc4[C@H]3CC[C@]12C. The summed E-state index contributed by atoms with van der Waals surface area (Å²) in [6.45, 7) is 5.39. The Balaban J connectivity index is 1.12. The van der Waals surface area contributed by atoms with Crippen LogP contribution >= 0.6 is 0 Å². The minimum atomic E-state index is 0.0282. The van der Waals surface area contributed by atoms with Crippen LogP contribution in [0.3, 0.4) is 0 Å². The van der Waals surface area contributed by atoms with Crippen LogP contribution in [0.4, 0.5) is 0 Å². The standard InChI is InChI=1S/C38H62O4/c1-4-5-6-7-8-9-10-11-12-13-14-15-16-17-18-19-37(40)42-36-23-22-35-34-26-29(28-41-3)33-27-30(39)20-21-31(33)32(34)24-25-38(35,36)2/h20-21,27,29,32,34-36,39H,4-19,22-26,28H2,1-3H3/t29-,32+,34+,35-,36-,38-/m0/s1. The summed E-state index contributed by atoms with van der Waals surface area (Å²) in [7, 11) is 1.78. The van der Waals surface area contributed by atoms with E-state index in [2.05, 4.69) is 19.9 Å². The number of ether oxygens (including phenoxy) is 2. The zero-order valence-corrected chi connectivity index (χ0v) is 27.3. The van der Waals surface area contributed by atoms with E-state index in [-0.39, 0.29) is 17.5 Å². The fraction of sp³-hybridized carbons (Fsp3) is 0.816. The van der Waals surface area contributed by atoms with Crippen LogP contribution in [0.15, 0.2) is 18.2 Å². The second kappa shape index (κ2) is 17.1. The van der Waals surface area contributed by atoms with Crippen LogP contribution in [0.25, 0.3) is 0 Å². The monoisotopic (exact) mass is 582 g/mol. The third-order valence-electron chi connectivity index (χ3n) is 11.4. The van der Waals surface area contributed by atoms with Gasteiger partial charge in [-0.3, -0.25) is 4.79 Å². The lowest BCUT2D eigenvalue weighted by Crippen LogP contribution is -2.46. The molecular formula is C38H62O4. The number of rotatable bonds is 19. The lowest BCUT2D eigenvalue weighted by atomic mass is 9.54. The molecule has 0 aliphatic heterocycles. The Morgan fingerprint density at radius 3 is 2.10 bits per heavy atom. The molecule has 0 aromatic heterocycles. The molecule has 1 aromatic carbocycles. The van der Waals surface area contributed by atoms with E-state index >= 15 is 0 Å². The number of hydrogen-bond donors (Lipinski definition) is 1. The number of aromatic hydroxyl groups is 1. The minimum Gasteiger partial charge on any atom is -0.508 e. The molecule has 1 aromatic rings. The molecule has 1 N–H and O–H groups in total. The van der Waals surface area contributed by atoms with Crippen LogP contribution in [-0.4, -0.2) is 30.9 Å². The second-order valence-electron chi connectivity index (χ2n) is 14.4. The Bertz CT molecular complexity index is 943. The van der Waals surface area contributed by atoms with Crippen molar-refractivity contribution in [2.24, 2.45) is 17.3 Å². The first-order valence-corrected chi connectivity index (χ1v) is 18.0. The summed E-state index contributed by atoms with van der Waals surface area (Å²) in [5.41, 5.74) is 2.78. The van der Waals surface area contributed by atoms with Gasteiger partial charge in [0, 0.05) is 24.9 Å². The van der Waals surface area contributed by atoms with Gasteiger partial charge in [-0.1, -0.05) is 110 Å². The molecular weight excluding hydrogens is 520 g/mol. The molecule has 4 rings (SSSR count). The minimum absolute atomic E-state index is 0.0282. The van der Waals surface area contributed by atoms with Gasteiger partial charge in [0.05, 0.1) is 6.61 Å². The highest BCUT2D eigenvalue weighted by Crippen LogP contribution is 2.63. The van der Waals surface area contributed by atoms with E-state index in [1.54, 1.807) is 7.11 Å². The number of carbonyl (C=O) groups excluding carboxylic acids is 1. The highest BCUT2D eigenvalue weighted by Gasteiger charge is 2.57. The van der Waals surface area contributed by atoms with Crippen molar-refractivity contribution in [1.29, 1.82) is 0 Å². The number of esters is 1. The Morgan fingerprint density at radius 2 is 1.48 bits per heavy atom. The predicted octanol–water partition coefficient (Wildman–Crippen LogP) is 10.6. The summed E-state index contributed by atoms with van der Waals surface area (Å²) in [6.07, 6.45) is 26.3. The van der Waals surface area contributed by atoms with E-state index in [0.29, 0.717) is 42.4 Å². The first kappa shape index (κ1) is 33.3. The molecule has 2 saturated carbocycles. The largest absolute Gasteiger partial charge is 0.508 e. The zero-order chi connectivity index (χ0) is 29.8. The van der Waals surface area contributed by atoms with Crippen LogP contribution in [0, 0.1) is 17.3 Å². The number of benzene rings is 1. The van der Waals surface area contributed by atoms with Gasteiger partial charge in [0.1, 0.15) is 11.9 Å². The quantitative estimate of drug-likeness (QED) is 0.130. The van der Waals surface area contributed by atoms with Gasteiger partial charge in [0.15, 0.2) is 0 Å². The summed E-state index contributed by atoms with van der Waals surface area (Å²) < 4.78 is 11.9. The molecule has 0 amide bonds. The molecule has 0 unspecified atom stereocenters. The van der Waals surface area contributed by atoms with Gasteiger partial charge >= 0.3 is 5.97 Å². The lowest BCUT2D eigenvalue weighted by Gasteiger charge is -2.51. The van der Waals surface area contributed by atoms with E-state index < -0.39 is 0 Å². The summed E-state index contributed by atoms with van der Waals surface area (Å²) in [4.78, 5) is 12.9. The number of hydrogen-bond acceptors (Lipinski definition) is 4. The normalized spacial score (nSPS) is 28.2. The van der Waals surface area contributed by atoms with Crippen molar-refractivity contribution in [2.45, 2.75) is 167 Å². The van der Waals surface area contributed by atoms with E-state index in [1.165, 1.54) is 94.6 Å². The summed E-state index contributed by atoms with van der Waals surface area (Å²) in [6, 6.07) is 5.99. The van der Waals surface area contributed by atoms with Crippen molar-refractivity contribution in [3.8, 4) is 5.75 Å². The smallest absolute Gasteiger partial charge is 0.306 e. The first-order chi connectivity index (χ1) is 20.5. The Kier molecular flexibility index (Phi) is 13.6. The fourth-order valence-corrected chi connectivity index (χ4v) is 9.07. The molecule has 0 saturated heterocycles.